The van der Waals surface area contributed by atoms with Gasteiger partial charge in [0.1, 0.15) is 11.6 Å². The summed E-state index contributed by atoms with van der Waals surface area (Å²) in [5, 5.41) is 3.14. The highest BCUT2D eigenvalue weighted by molar-refractivity contribution is 5.50. The topological polar surface area (TPSA) is 30.5 Å². The first-order valence-electron chi connectivity index (χ1n) is 5.67. The fraction of sp³-hybridized carbons (Fsp3) is 0.538. The maximum Gasteiger partial charge on any atom is 0.146 e. The number of benzene rings is 1. The summed E-state index contributed by atoms with van der Waals surface area (Å²) >= 11 is 0. The Morgan fingerprint density at radius 3 is 2.53 bits per heavy atom. The van der Waals surface area contributed by atoms with E-state index in [-0.39, 0.29) is 11.9 Å². The first kappa shape index (κ1) is 13.8. The second kappa shape index (κ2) is 6.45. The molecule has 1 aromatic carbocycles. The van der Waals surface area contributed by atoms with Gasteiger partial charge in [-0.3, -0.25) is 0 Å². The number of anilines is 1. The molecule has 1 unspecified atom stereocenters. The van der Waals surface area contributed by atoms with Crippen molar-refractivity contribution in [1.82, 2.24) is 0 Å². The molecule has 0 aliphatic carbocycles. The molecule has 0 aromatic heterocycles. The van der Waals surface area contributed by atoms with Crippen molar-refractivity contribution in [2.24, 2.45) is 5.92 Å². The van der Waals surface area contributed by atoms with Crippen LogP contribution in [0.3, 0.4) is 0 Å². The van der Waals surface area contributed by atoms with Gasteiger partial charge in [0.25, 0.3) is 0 Å². The Balaban J connectivity index is 2.84. The minimum Gasteiger partial charge on any atom is -0.497 e. The van der Waals surface area contributed by atoms with Crippen LogP contribution in [-0.2, 0) is 4.74 Å². The summed E-state index contributed by atoms with van der Waals surface area (Å²) in [6, 6.07) is 4.72. The van der Waals surface area contributed by atoms with Gasteiger partial charge < -0.3 is 14.8 Å². The molecule has 17 heavy (non-hydrogen) atoms. The molecule has 1 aromatic rings. The molecule has 96 valence electrons. The van der Waals surface area contributed by atoms with Crippen molar-refractivity contribution < 1.29 is 13.9 Å². The molecule has 0 saturated heterocycles. The summed E-state index contributed by atoms with van der Waals surface area (Å²) in [5.74, 6) is 0.696. The summed E-state index contributed by atoms with van der Waals surface area (Å²) in [5.41, 5.74) is 0.445. The third kappa shape index (κ3) is 3.89. The van der Waals surface area contributed by atoms with Gasteiger partial charge in [0.2, 0.25) is 0 Å². The molecule has 0 saturated carbocycles. The zero-order valence-corrected chi connectivity index (χ0v) is 10.8. The predicted molar refractivity (Wildman–Crippen MR) is 67.1 cm³/mol. The van der Waals surface area contributed by atoms with Gasteiger partial charge >= 0.3 is 0 Å². The Morgan fingerprint density at radius 2 is 2.00 bits per heavy atom. The van der Waals surface area contributed by atoms with Crippen molar-refractivity contribution in [2.75, 3.05) is 26.1 Å². The third-order valence-corrected chi connectivity index (χ3v) is 2.67. The minimum atomic E-state index is -0.285. The highest BCUT2D eigenvalue weighted by Gasteiger charge is 2.15. The van der Waals surface area contributed by atoms with Gasteiger partial charge in [-0.2, -0.15) is 0 Å². The Bertz CT molecular complexity index is 355. The lowest BCUT2D eigenvalue weighted by atomic mass is 10.0. The van der Waals surface area contributed by atoms with Gasteiger partial charge in [-0.25, -0.2) is 4.39 Å². The summed E-state index contributed by atoms with van der Waals surface area (Å²) < 4.78 is 23.8. The lowest BCUT2D eigenvalue weighted by Crippen LogP contribution is -2.30. The molecular weight excluding hydrogens is 221 g/mol. The van der Waals surface area contributed by atoms with Crippen molar-refractivity contribution in [2.45, 2.75) is 19.9 Å². The second-order valence-corrected chi connectivity index (χ2v) is 4.30. The van der Waals surface area contributed by atoms with Crippen molar-refractivity contribution in [3.05, 3.63) is 24.0 Å². The van der Waals surface area contributed by atoms with Gasteiger partial charge in [0.05, 0.1) is 25.4 Å². The van der Waals surface area contributed by atoms with Crippen LogP contribution in [0.15, 0.2) is 18.2 Å². The molecule has 0 aliphatic heterocycles. The predicted octanol–water partition coefficient (Wildman–Crippen LogP) is 2.92. The van der Waals surface area contributed by atoms with E-state index in [1.54, 1.807) is 26.4 Å². The smallest absolute Gasteiger partial charge is 0.146 e. The minimum absolute atomic E-state index is 0.0709. The molecule has 0 radical (unpaired) electrons. The van der Waals surface area contributed by atoms with Gasteiger partial charge in [0.15, 0.2) is 0 Å². The van der Waals surface area contributed by atoms with E-state index in [4.69, 9.17) is 9.47 Å². The van der Waals surface area contributed by atoms with E-state index in [1.807, 2.05) is 0 Å². The fourth-order valence-corrected chi connectivity index (χ4v) is 1.52. The summed E-state index contributed by atoms with van der Waals surface area (Å²) in [7, 11) is 3.20. The SMILES string of the molecule is COCC(Nc1cc(OC)ccc1F)C(C)C. The Kier molecular flexibility index (Phi) is 5.22. The van der Waals surface area contributed by atoms with E-state index in [1.165, 1.54) is 6.07 Å². The van der Waals surface area contributed by atoms with Crippen molar-refractivity contribution in [3.63, 3.8) is 0 Å². The first-order chi connectivity index (χ1) is 8.08. The molecule has 0 fully saturated rings. The largest absolute Gasteiger partial charge is 0.497 e. The molecule has 1 N–H and O–H groups in total. The second-order valence-electron chi connectivity index (χ2n) is 4.30. The monoisotopic (exact) mass is 241 g/mol. The van der Waals surface area contributed by atoms with Crippen LogP contribution < -0.4 is 10.1 Å². The van der Waals surface area contributed by atoms with Crippen LogP contribution in [0.4, 0.5) is 10.1 Å². The Hall–Kier alpha value is -1.29. The zero-order valence-electron chi connectivity index (χ0n) is 10.8. The van der Waals surface area contributed by atoms with E-state index < -0.39 is 0 Å². The summed E-state index contributed by atoms with van der Waals surface area (Å²) in [4.78, 5) is 0. The number of hydrogen-bond acceptors (Lipinski definition) is 3. The molecule has 1 rings (SSSR count). The molecule has 0 bridgehead atoms. The number of rotatable bonds is 6. The van der Waals surface area contributed by atoms with Crippen LogP contribution in [0.25, 0.3) is 0 Å². The number of methoxy groups -OCH3 is 2. The van der Waals surface area contributed by atoms with E-state index in [0.717, 1.165) is 0 Å². The van der Waals surface area contributed by atoms with Gasteiger partial charge in [-0.15, -0.1) is 0 Å². The van der Waals surface area contributed by atoms with Gasteiger partial charge in [-0.1, -0.05) is 13.8 Å². The van der Waals surface area contributed by atoms with Crippen molar-refractivity contribution in [3.8, 4) is 5.75 Å². The molecule has 0 heterocycles. The van der Waals surface area contributed by atoms with E-state index >= 15 is 0 Å². The number of nitrogens with one attached hydrogen (secondary N) is 1. The molecule has 0 amide bonds. The van der Waals surface area contributed by atoms with Crippen LogP contribution in [-0.4, -0.2) is 26.9 Å². The van der Waals surface area contributed by atoms with Crippen LogP contribution in [0, 0.1) is 11.7 Å². The van der Waals surface area contributed by atoms with Crippen LogP contribution in [0.5, 0.6) is 5.75 Å². The van der Waals surface area contributed by atoms with Crippen LogP contribution >= 0.6 is 0 Å². The number of ether oxygens (including phenoxy) is 2. The summed E-state index contributed by atoms with van der Waals surface area (Å²) in [6.45, 7) is 4.66. The molecule has 0 spiro atoms. The third-order valence-electron chi connectivity index (χ3n) is 2.67. The van der Waals surface area contributed by atoms with Crippen molar-refractivity contribution in [1.29, 1.82) is 0 Å². The number of hydrogen-bond donors (Lipinski definition) is 1. The lowest BCUT2D eigenvalue weighted by molar-refractivity contribution is 0.171. The van der Waals surface area contributed by atoms with Gasteiger partial charge in [0, 0.05) is 13.2 Å². The Morgan fingerprint density at radius 1 is 1.29 bits per heavy atom. The summed E-state index contributed by atoms with van der Waals surface area (Å²) in [6.07, 6.45) is 0. The van der Waals surface area contributed by atoms with Crippen molar-refractivity contribution >= 4 is 5.69 Å². The highest BCUT2D eigenvalue weighted by atomic mass is 19.1. The first-order valence-corrected chi connectivity index (χ1v) is 5.67. The lowest BCUT2D eigenvalue weighted by Gasteiger charge is -2.23. The van der Waals surface area contributed by atoms with E-state index in [9.17, 15) is 4.39 Å². The quantitative estimate of drug-likeness (QED) is 0.830. The van der Waals surface area contributed by atoms with Gasteiger partial charge in [-0.05, 0) is 18.1 Å². The van der Waals surface area contributed by atoms with Crippen LogP contribution in [0.1, 0.15) is 13.8 Å². The van der Waals surface area contributed by atoms with E-state index in [2.05, 4.69) is 19.2 Å². The normalized spacial score (nSPS) is 12.6. The maximum atomic E-state index is 13.6. The molecule has 0 aliphatic rings. The number of halogens is 1. The zero-order chi connectivity index (χ0) is 12.8. The van der Waals surface area contributed by atoms with E-state index in [0.29, 0.717) is 24.0 Å². The average molecular weight is 241 g/mol. The fourth-order valence-electron chi connectivity index (χ4n) is 1.52. The maximum absolute atomic E-state index is 13.6. The highest BCUT2D eigenvalue weighted by Crippen LogP contribution is 2.23. The molecule has 3 nitrogen and oxygen atoms in total. The standard InChI is InChI=1S/C13H20FNO2/c1-9(2)13(8-16-3)15-12-7-10(17-4)5-6-11(12)14/h5-7,9,13,15H,8H2,1-4H3. The average Bonchev–Trinajstić information content (AvgIpc) is 2.31. The molecule has 1 atom stereocenters. The molecular formula is C13H20FNO2. The van der Waals surface area contributed by atoms with Crippen LogP contribution in [0.2, 0.25) is 0 Å². The Labute approximate surface area is 102 Å². The molecule has 4 heteroatoms.